The number of amides is 1. The Hall–Kier alpha value is -2.22. The van der Waals surface area contributed by atoms with E-state index < -0.39 is 16.4 Å². The first-order valence-corrected chi connectivity index (χ1v) is 5.97. The highest BCUT2D eigenvalue weighted by Gasteiger charge is 2.14. The summed E-state index contributed by atoms with van der Waals surface area (Å²) in [4.78, 5) is 21.0. The Labute approximate surface area is 115 Å². The molecule has 0 fully saturated rings. The fourth-order valence-electron chi connectivity index (χ4n) is 1.30. The van der Waals surface area contributed by atoms with Gasteiger partial charge < -0.3 is 15.8 Å². The van der Waals surface area contributed by atoms with Crippen molar-refractivity contribution in [3.63, 3.8) is 0 Å². The lowest BCUT2D eigenvalue weighted by atomic mass is 10.2. The number of hydrogen-bond donors (Lipinski definition) is 2. The molecule has 3 N–H and O–H groups in total. The van der Waals surface area contributed by atoms with Crippen LogP contribution in [0.4, 0.5) is 10.1 Å². The fourth-order valence-corrected chi connectivity index (χ4v) is 1.30. The van der Waals surface area contributed by atoms with E-state index in [1.807, 2.05) is 6.92 Å². The van der Waals surface area contributed by atoms with Gasteiger partial charge in [0.2, 0.25) is 5.82 Å². The van der Waals surface area contributed by atoms with Gasteiger partial charge >= 0.3 is 5.69 Å². The Kier molecular flexibility index (Phi) is 5.85. The van der Waals surface area contributed by atoms with Gasteiger partial charge in [0.1, 0.15) is 5.75 Å². The molecule has 0 radical (unpaired) electrons. The standard InChI is InChI=1S/C12H16FN3O4/c1-8(5-14)6-15-12(17)7-20-9-2-3-11(16(18)19)10(13)4-9/h2-4,8H,5-7,14H2,1H3,(H,15,17). The molecule has 0 saturated carbocycles. The number of halogens is 1. The van der Waals surface area contributed by atoms with Crippen LogP contribution < -0.4 is 15.8 Å². The monoisotopic (exact) mass is 285 g/mol. The molecular weight excluding hydrogens is 269 g/mol. The van der Waals surface area contributed by atoms with E-state index >= 15 is 0 Å². The van der Waals surface area contributed by atoms with Crippen molar-refractivity contribution in [3.05, 3.63) is 34.1 Å². The maximum atomic E-state index is 13.3. The van der Waals surface area contributed by atoms with Crippen molar-refractivity contribution < 1.29 is 18.8 Å². The molecule has 1 rings (SSSR count). The zero-order valence-electron chi connectivity index (χ0n) is 11.0. The molecule has 8 heteroatoms. The molecule has 1 aromatic rings. The van der Waals surface area contributed by atoms with Crippen LogP contribution in [0.5, 0.6) is 5.75 Å². The number of hydrogen-bond acceptors (Lipinski definition) is 5. The van der Waals surface area contributed by atoms with E-state index in [2.05, 4.69) is 5.32 Å². The highest BCUT2D eigenvalue weighted by Crippen LogP contribution is 2.22. The molecule has 0 aliphatic carbocycles. The van der Waals surface area contributed by atoms with Crippen molar-refractivity contribution in [1.82, 2.24) is 5.32 Å². The van der Waals surface area contributed by atoms with Gasteiger partial charge in [-0.1, -0.05) is 6.92 Å². The first-order valence-electron chi connectivity index (χ1n) is 5.97. The average Bonchev–Trinajstić information content (AvgIpc) is 2.42. The van der Waals surface area contributed by atoms with Gasteiger partial charge in [0.15, 0.2) is 6.61 Å². The third-order valence-corrected chi connectivity index (χ3v) is 2.54. The van der Waals surface area contributed by atoms with Crippen LogP contribution in [0.2, 0.25) is 0 Å². The number of carbonyl (C=O) groups is 1. The molecule has 1 amide bonds. The third kappa shape index (κ3) is 4.81. The van der Waals surface area contributed by atoms with Crippen molar-refractivity contribution in [3.8, 4) is 5.75 Å². The van der Waals surface area contributed by atoms with Crippen LogP contribution in [0, 0.1) is 21.8 Å². The van der Waals surface area contributed by atoms with Crippen LogP contribution in [0.25, 0.3) is 0 Å². The van der Waals surface area contributed by atoms with E-state index in [4.69, 9.17) is 10.5 Å². The van der Waals surface area contributed by atoms with Crippen molar-refractivity contribution in [1.29, 1.82) is 0 Å². The summed E-state index contributed by atoms with van der Waals surface area (Å²) in [6.07, 6.45) is 0. The van der Waals surface area contributed by atoms with Gasteiger partial charge in [-0.25, -0.2) is 0 Å². The number of nitrogens with one attached hydrogen (secondary N) is 1. The number of nitrogens with two attached hydrogens (primary N) is 1. The molecule has 1 aromatic carbocycles. The van der Waals surface area contributed by atoms with Gasteiger partial charge in [-0.2, -0.15) is 4.39 Å². The maximum Gasteiger partial charge on any atom is 0.305 e. The second-order valence-electron chi connectivity index (χ2n) is 4.30. The van der Waals surface area contributed by atoms with Crippen LogP contribution in [-0.4, -0.2) is 30.5 Å². The molecule has 0 saturated heterocycles. The predicted molar refractivity (Wildman–Crippen MR) is 69.8 cm³/mol. The summed E-state index contributed by atoms with van der Waals surface area (Å²) in [6, 6.07) is 3.09. The second-order valence-corrected chi connectivity index (χ2v) is 4.30. The smallest absolute Gasteiger partial charge is 0.305 e. The Morgan fingerprint density at radius 3 is 2.85 bits per heavy atom. The first kappa shape index (κ1) is 15.8. The molecule has 0 bridgehead atoms. The van der Waals surface area contributed by atoms with E-state index in [-0.39, 0.29) is 24.2 Å². The summed E-state index contributed by atoms with van der Waals surface area (Å²) in [5.41, 5.74) is 4.76. The molecule has 0 aromatic heterocycles. The van der Waals surface area contributed by atoms with Crippen LogP contribution in [0.1, 0.15) is 6.92 Å². The highest BCUT2D eigenvalue weighted by molar-refractivity contribution is 5.77. The summed E-state index contributed by atoms with van der Waals surface area (Å²) < 4.78 is 18.3. The number of benzene rings is 1. The summed E-state index contributed by atoms with van der Waals surface area (Å²) in [5, 5.41) is 13.0. The third-order valence-electron chi connectivity index (χ3n) is 2.54. The highest BCUT2D eigenvalue weighted by atomic mass is 19.1. The van der Waals surface area contributed by atoms with E-state index in [1.54, 1.807) is 0 Å². The second kappa shape index (κ2) is 7.39. The Morgan fingerprint density at radius 2 is 2.30 bits per heavy atom. The van der Waals surface area contributed by atoms with E-state index in [0.717, 1.165) is 12.1 Å². The topological polar surface area (TPSA) is 107 Å². The van der Waals surface area contributed by atoms with Gasteiger partial charge in [0.05, 0.1) is 4.92 Å². The van der Waals surface area contributed by atoms with E-state index in [0.29, 0.717) is 13.1 Å². The number of ether oxygens (including phenoxy) is 1. The Bertz CT molecular complexity index is 496. The largest absolute Gasteiger partial charge is 0.484 e. The number of nitrogens with zero attached hydrogens (tertiary/aromatic N) is 1. The van der Waals surface area contributed by atoms with Crippen LogP contribution in [0.15, 0.2) is 18.2 Å². The number of carbonyl (C=O) groups excluding carboxylic acids is 1. The molecule has 0 heterocycles. The average molecular weight is 285 g/mol. The molecule has 0 spiro atoms. The van der Waals surface area contributed by atoms with Crippen molar-refractivity contribution in [2.24, 2.45) is 11.7 Å². The number of rotatable bonds is 7. The number of nitro benzene ring substituents is 1. The lowest BCUT2D eigenvalue weighted by Crippen LogP contribution is -2.34. The lowest BCUT2D eigenvalue weighted by Gasteiger charge is -2.10. The number of nitro groups is 1. The quantitative estimate of drug-likeness (QED) is 0.569. The molecule has 0 aliphatic heterocycles. The van der Waals surface area contributed by atoms with Gasteiger partial charge in [-0.3, -0.25) is 14.9 Å². The SMILES string of the molecule is CC(CN)CNC(=O)COc1ccc([N+](=O)[O-])c(F)c1. The van der Waals surface area contributed by atoms with Crippen LogP contribution >= 0.6 is 0 Å². The molecular formula is C12H16FN3O4. The minimum absolute atomic E-state index is 0.0510. The maximum absolute atomic E-state index is 13.3. The van der Waals surface area contributed by atoms with Crippen LogP contribution in [-0.2, 0) is 4.79 Å². The van der Waals surface area contributed by atoms with Crippen molar-refractivity contribution >= 4 is 11.6 Å². The lowest BCUT2D eigenvalue weighted by molar-refractivity contribution is -0.387. The minimum Gasteiger partial charge on any atom is -0.484 e. The normalized spacial score (nSPS) is 11.8. The van der Waals surface area contributed by atoms with Gasteiger partial charge in [0.25, 0.3) is 5.91 Å². The first-order chi connectivity index (χ1) is 9.43. The molecule has 0 aliphatic rings. The summed E-state index contributed by atoms with van der Waals surface area (Å²) in [6.45, 7) is 2.46. The zero-order valence-corrected chi connectivity index (χ0v) is 11.0. The van der Waals surface area contributed by atoms with Gasteiger partial charge in [0, 0.05) is 18.7 Å². The molecule has 110 valence electrons. The summed E-state index contributed by atoms with van der Waals surface area (Å²) in [7, 11) is 0. The Balaban J connectivity index is 2.48. The van der Waals surface area contributed by atoms with Crippen molar-refractivity contribution in [2.75, 3.05) is 19.7 Å². The zero-order chi connectivity index (χ0) is 15.1. The van der Waals surface area contributed by atoms with E-state index in [9.17, 15) is 19.3 Å². The van der Waals surface area contributed by atoms with E-state index in [1.165, 1.54) is 6.07 Å². The van der Waals surface area contributed by atoms with Crippen molar-refractivity contribution in [2.45, 2.75) is 6.92 Å². The van der Waals surface area contributed by atoms with Gasteiger partial charge in [-0.15, -0.1) is 0 Å². The summed E-state index contributed by atoms with van der Waals surface area (Å²) in [5.74, 6) is -1.18. The van der Waals surface area contributed by atoms with Gasteiger partial charge in [-0.05, 0) is 18.5 Å². The molecule has 20 heavy (non-hydrogen) atoms. The van der Waals surface area contributed by atoms with Crippen LogP contribution in [0.3, 0.4) is 0 Å². The molecule has 1 atom stereocenters. The molecule has 7 nitrogen and oxygen atoms in total. The predicted octanol–water partition coefficient (Wildman–Crippen LogP) is 0.824. The molecule has 1 unspecified atom stereocenters. The Morgan fingerprint density at radius 1 is 1.60 bits per heavy atom. The fraction of sp³-hybridized carbons (Fsp3) is 0.417. The summed E-state index contributed by atoms with van der Waals surface area (Å²) >= 11 is 0. The minimum atomic E-state index is -1.01.